The molecule has 0 radical (unpaired) electrons. The summed E-state index contributed by atoms with van der Waals surface area (Å²) in [6.07, 6.45) is 5.01. The first-order chi connectivity index (χ1) is 9.61. The van der Waals surface area contributed by atoms with Crippen molar-refractivity contribution in [2.24, 2.45) is 5.92 Å². The summed E-state index contributed by atoms with van der Waals surface area (Å²) in [5.41, 5.74) is 0. The Labute approximate surface area is 119 Å². The number of hydrogen-bond acceptors (Lipinski definition) is 4. The van der Waals surface area contributed by atoms with Gasteiger partial charge in [-0.3, -0.25) is 0 Å². The minimum atomic E-state index is -3.45. The lowest BCUT2D eigenvalue weighted by atomic mass is 10.1. The summed E-state index contributed by atoms with van der Waals surface area (Å²) < 4.78 is 32.5. The van der Waals surface area contributed by atoms with Crippen molar-refractivity contribution in [2.75, 3.05) is 19.8 Å². The van der Waals surface area contributed by atoms with Gasteiger partial charge >= 0.3 is 0 Å². The zero-order valence-corrected chi connectivity index (χ0v) is 12.5. The second-order valence-corrected chi connectivity index (χ2v) is 7.44. The second kappa shape index (κ2) is 5.46. The minimum absolute atomic E-state index is 0.161. The zero-order valence-electron chi connectivity index (χ0n) is 11.7. The number of aromatic nitrogens is 2. The van der Waals surface area contributed by atoms with Crippen LogP contribution in [-0.2, 0) is 21.2 Å². The molecule has 0 bridgehead atoms. The van der Waals surface area contributed by atoms with E-state index in [1.54, 1.807) is 4.31 Å². The molecule has 0 amide bonds. The van der Waals surface area contributed by atoms with Crippen LogP contribution in [0.5, 0.6) is 0 Å². The molecule has 1 unspecified atom stereocenters. The largest absolute Gasteiger partial charge is 0.381 e. The molecule has 1 aliphatic heterocycles. The Balaban J connectivity index is 1.81. The molecule has 1 saturated heterocycles. The lowest BCUT2D eigenvalue weighted by Gasteiger charge is -2.23. The first-order valence-electron chi connectivity index (χ1n) is 7.24. The van der Waals surface area contributed by atoms with Gasteiger partial charge in [-0.05, 0) is 25.2 Å². The summed E-state index contributed by atoms with van der Waals surface area (Å²) in [7, 11) is -3.45. The van der Waals surface area contributed by atoms with Gasteiger partial charge < -0.3 is 9.72 Å². The van der Waals surface area contributed by atoms with Crippen molar-refractivity contribution in [1.29, 1.82) is 0 Å². The fraction of sp³-hybridized carbons (Fsp3) is 0.769. The van der Waals surface area contributed by atoms with Crippen molar-refractivity contribution >= 4 is 10.0 Å². The molecule has 1 atom stereocenters. The quantitative estimate of drug-likeness (QED) is 0.855. The SMILES string of the molecule is CCc1ncc(S(=O)(=O)N(CC2CCOC2)C2CC2)[nH]1. The van der Waals surface area contributed by atoms with E-state index in [1.807, 2.05) is 6.92 Å². The number of nitrogens with one attached hydrogen (secondary N) is 1. The van der Waals surface area contributed by atoms with Crippen molar-refractivity contribution in [1.82, 2.24) is 14.3 Å². The number of imidazole rings is 1. The van der Waals surface area contributed by atoms with Crippen LogP contribution in [0.4, 0.5) is 0 Å². The highest BCUT2D eigenvalue weighted by Gasteiger charge is 2.40. The molecule has 6 nitrogen and oxygen atoms in total. The number of hydrogen-bond donors (Lipinski definition) is 1. The molecule has 0 spiro atoms. The first-order valence-corrected chi connectivity index (χ1v) is 8.68. The fourth-order valence-corrected chi connectivity index (χ4v) is 4.26. The molecule has 1 N–H and O–H groups in total. The van der Waals surface area contributed by atoms with E-state index in [9.17, 15) is 8.42 Å². The Hall–Kier alpha value is -0.920. The summed E-state index contributed by atoms with van der Waals surface area (Å²) in [4.78, 5) is 7.03. The highest BCUT2D eigenvalue weighted by Crippen LogP contribution is 2.33. The molecule has 20 heavy (non-hydrogen) atoms. The highest BCUT2D eigenvalue weighted by molar-refractivity contribution is 7.89. The standard InChI is InChI=1S/C13H21N3O3S/c1-2-12-14-7-13(15-12)20(17,18)16(11-3-4-11)8-10-5-6-19-9-10/h7,10-11H,2-6,8-9H2,1H3,(H,14,15). The van der Waals surface area contributed by atoms with Gasteiger partial charge in [0.1, 0.15) is 5.82 Å². The average Bonchev–Trinajstić information content (AvgIpc) is 2.96. The molecule has 7 heteroatoms. The molecule has 112 valence electrons. The van der Waals surface area contributed by atoms with Crippen molar-refractivity contribution in [3.05, 3.63) is 12.0 Å². The molecule has 1 aromatic rings. The number of aromatic amines is 1. The monoisotopic (exact) mass is 299 g/mol. The van der Waals surface area contributed by atoms with Crippen LogP contribution in [0.3, 0.4) is 0 Å². The van der Waals surface area contributed by atoms with Gasteiger partial charge in [-0.25, -0.2) is 13.4 Å². The Morgan fingerprint density at radius 3 is 2.80 bits per heavy atom. The summed E-state index contributed by atoms with van der Waals surface area (Å²) in [6, 6.07) is 0.161. The molecular weight excluding hydrogens is 278 g/mol. The van der Waals surface area contributed by atoms with E-state index in [0.29, 0.717) is 31.3 Å². The normalized spacial score (nSPS) is 23.6. The van der Waals surface area contributed by atoms with E-state index in [1.165, 1.54) is 6.20 Å². The second-order valence-electron chi connectivity index (χ2n) is 5.58. The maximum Gasteiger partial charge on any atom is 0.260 e. The molecule has 2 heterocycles. The van der Waals surface area contributed by atoms with E-state index >= 15 is 0 Å². The summed E-state index contributed by atoms with van der Waals surface area (Å²) in [5.74, 6) is 1.03. The Morgan fingerprint density at radius 2 is 2.25 bits per heavy atom. The highest BCUT2D eigenvalue weighted by atomic mass is 32.2. The zero-order chi connectivity index (χ0) is 14.2. The molecule has 2 aliphatic rings. The van der Waals surface area contributed by atoms with Crippen LogP contribution in [0.2, 0.25) is 0 Å². The Kier molecular flexibility index (Phi) is 3.83. The number of H-pyrrole nitrogens is 1. The lowest BCUT2D eigenvalue weighted by molar-refractivity contribution is 0.180. The van der Waals surface area contributed by atoms with Gasteiger partial charge in [0.05, 0.1) is 12.8 Å². The molecule has 1 aliphatic carbocycles. The minimum Gasteiger partial charge on any atom is -0.381 e. The van der Waals surface area contributed by atoms with Gasteiger partial charge in [0.2, 0.25) is 0 Å². The first kappa shape index (κ1) is 14.0. The van der Waals surface area contributed by atoms with Crippen LogP contribution in [0.15, 0.2) is 11.2 Å². The molecule has 0 aromatic carbocycles. The van der Waals surface area contributed by atoms with Crippen LogP contribution in [-0.4, -0.2) is 48.5 Å². The molecule has 1 aromatic heterocycles. The van der Waals surface area contributed by atoms with Gasteiger partial charge in [-0.15, -0.1) is 0 Å². The van der Waals surface area contributed by atoms with Gasteiger partial charge in [0.25, 0.3) is 10.0 Å². The van der Waals surface area contributed by atoms with E-state index in [0.717, 1.165) is 25.9 Å². The summed E-state index contributed by atoms with van der Waals surface area (Å²) in [5, 5.41) is 0.222. The van der Waals surface area contributed by atoms with Crippen LogP contribution < -0.4 is 0 Å². The Bertz CT molecular complexity index is 559. The van der Waals surface area contributed by atoms with E-state index in [-0.39, 0.29) is 11.1 Å². The van der Waals surface area contributed by atoms with Crippen LogP contribution in [0.1, 0.15) is 32.0 Å². The lowest BCUT2D eigenvalue weighted by Crippen LogP contribution is -2.37. The summed E-state index contributed by atoms with van der Waals surface area (Å²) in [6.45, 7) is 3.92. The maximum absolute atomic E-state index is 12.7. The predicted octanol–water partition coefficient (Wildman–Crippen LogP) is 1.16. The third-order valence-corrected chi connectivity index (χ3v) is 5.77. The van der Waals surface area contributed by atoms with Crippen molar-refractivity contribution < 1.29 is 13.2 Å². The van der Waals surface area contributed by atoms with Crippen molar-refractivity contribution in [2.45, 2.75) is 43.7 Å². The van der Waals surface area contributed by atoms with Gasteiger partial charge in [-0.2, -0.15) is 4.31 Å². The fourth-order valence-electron chi connectivity index (χ4n) is 2.57. The summed E-state index contributed by atoms with van der Waals surface area (Å²) >= 11 is 0. The van der Waals surface area contributed by atoms with Gasteiger partial charge in [0, 0.05) is 25.6 Å². The average molecular weight is 299 g/mol. The van der Waals surface area contributed by atoms with Crippen LogP contribution in [0.25, 0.3) is 0 Å². The smallest absolute Gasteiger partial charge is 0.260 e. The number of nitrogens with zero attached hydrogens (tertiary/aromatic N) is 2. The topological polar surface area (TPSA) is 75.3 Å². The van der Waals surface area contributed by atoms with Gasteiger partial charge in [0.15, 0.2) is 5.03 Å². The third kappa shape index (κ3) is 2.75. The molecule has 2 fully saturated rings. The number of rotatable bonds is 6. The molecule has 3 rings (SSSR count). The number of sulfonamides is 1. The van der Waals surface area contributed by atoms with E-state index < -0.39 is 10.0 Å². The van der Waals surface area contributed by atoms with Gasteiger partial charge in [-0.1, -0.05) is 6.92 Å². The third-order valence-electron chi connectivity index (χ3n) is 3.94. The predicted molar refractivity (Wildman–Crippen MR) is 73.8 cm³/mol. The Morgan fingerprint density at radius 1 is 1.45 bits per heavy atom. The van der Waals surface area contributed by atoms with E-state index in [4.69, 9.17) is 4.74 Å². The van der Waals surface area contributed by atoms with Crippen molar-refractivity contribution in [3.8, 4) is 0 Å². The van der Waals surface area contributed by atoms with Crippen LogP contribution in [0, 0.1) is 5.92 Å². The maximum atomic E-state index is 12.7. The molecule has 1 saturated carbocycles. The van der Waals surface area contributed by atoms with Crippen LogP contribution >= 0.6 is 0 Å². The number of aryl methyl sites for hydroxylation is 1. The van der Waals surface area contributed by atoms with Crippen molar-refractivity contribution in [3.63, 3.8) is 0 Å². The van der Waals surface area contributed by atoms with E-state index in [2.05, 4.69) is 9.97 Å². The molecular formula is C13H21N3O3S. The number of ether oxygens (including phenoxy) is 1.